The lowest BCUT2D eigenvalue weighted by atomic mass is 9.92. The lowest BCUT2D eigenvalue weighted by Crippen LogP contribution is -2.37. The van der Waals surface area contributed by atoms with E-state index in [2.05, 4.69) is 27.4 Å². The van der Waals surface area contributed by atoms with Gasteiger partial charge in [0.05, 0.1) is 12.2 Å². The van der Waals surface area contributed by atoms with Gasteiger partial charge in [-0.05, 0) is 39.5 Å². The molecule has 0 spiro atoms. The largest absolute Gasteiger partial charge is 0.456 e. The first kappa shape index (κ1) is 19.2. The number of carbonyl (C=O) groups is 1. The van der Waals surface area contributed by atoms with Crippen molar-refractivity contribution in [2.45, 2.75) is 84.8 Å². The molecule has 0 aromatic carbocycles. The highest BCUT2D eigenvalue weighted by Crippen LogP contribution is 2.28. The maximum Gasteiger partial charge on any atom is 0.333 e. The van der Waals surface area contributed by atoms with Gasteiger partial charge >= 0.3 is 5.97 Å². The van der Waals surface area contributed by atoms with E-state index in [0.29, 0.717) is 12.2 Å². The molecule has 0 saturated heterocycles. The highest BCUT2D eigenvalue weighted by molar-refractivity contribution is 5.87. The van der Waals surface area contributed by atoms with Crippen LogP contribution in [-0.2, 0) is 14.3 Å². The highest BCUT2D eigenvalue weighted by Gasteiger charge is 2.31. The molecular weight excluding hydrogens is 252 g/mol. The quantitative estimate of drug-likeness (QED) is 0.432. The summed E-state index contributed by atoms with van der Waals surface area (Å²) >= 11 is 0. The third-order valence-electron chi connectivity index (χ3n) is 4.45. The Hall–Kier alpha value is -0.830. The molecule has 0 saturated carbocycles. The molecule has 0 unspecified atom stereocenters. The van der Waals surface area contributed by atoms with Crippen LogP contribution in [0.5, 0.6) is 0 Å². The Morgan fingerprint density at radius 2 is 1.55 bits per heavy atom. The smallest absolute Gasteiger partial charge is 0.333 e. The second-order valence-electron chi connectivity index (χ2n) is 5.82. The predicted molar refractivity (Wildman–Crippen MR) is 83.8 cm³/mol. The van der Waals surface area contributed by atoms with Gasteiger partial charge in [0, 0.05) is 12.0 Å². The van der Waals surface area contributed by atoms with Gasteiger partial charge in [-0.15, -0.1) is 0 Å². The molecule has 0 amide bonds. The molecule has 118 valence electrons. The van der Waals surface area contributed by atoms with Crippen LogP contribution in [0.2, 0.25) is 0 Å². The van der Waals surface area contributed by atoms with E-state index < -0.39 is 5.60 Å². The molecule has 0 atom stereocenters. The maximum atomic E-state index is 11.8. The van der Waals surface area contributed by atoms with Crippen LogP contribution in [0.1, 0.15) is 73.6 Å². The molecule has 0 aliphatic rings. The highest BCUT2D eigenvalue weighted by atomic mass is 16.6. The molecule has 0 aromatic rings. The van der Waals surface area contributed by atoms with Gasteiger partial charge in [0.1, 0.15) is 5.60 Å². The summed E-state index contributed by atoms with van der Waals surface area (Å²) in [4.78, 5) is 11.8. The molecule has 0 N–H and O–H groups in total. The molecule has 0 aliphatic carbocycles. The second-order valence-corrected chi connectivity index (χ2v) is 5.82. The van der Waals surface area contributed by atoms with E-state index in [-0.39, 0.29) is 11.6 Å². The molecule has 20 heavy (non-hydrogen) atoms. The van der Waals surface area contributed by atoms with E-state index in [1.165, 1.54) is 0 Å². The molecule has 0 heterocycles. The van der Waals surface area contributed by atoms with Gasteiger partial charge in [-0.2, -0.15) is 0 Å². The molecular formula is C17H32O3. The first-order valence-electron chi connectivity index (χ1n) is 7.80. The van der Waals surface area contributed by atoms with E-state index in [0.717, 1.165) is 32.1 Å². The predicted octanol–water partition coefficient (Wildman–Crippen LogP) is 4.65. The minimum absolute atomic E-state index is 0.0778. The number of esters is 1. The Morgan fingerprint density at radius 1 is 1.05 bits per heavy atom. The van der Waals surface area contributed by atoms with E-state index in [9.17, 15) is 4.79 Å². The van der Waals surface area contributed by atoms with Gasteiger partial charge in [-0.1, -0.05) is 34.3 Å². The van der Waals surface area contributed by atoms with E-state index in [1.54, 1.807) is 6.92 Å². The second kappa shape index (κ2) is 8.46. The first-order valence-corrected chi connectivity index (χ1v) is 7.80. The summed E-state index contributed by atoms with van der Waals surface area (Å²) in [5, 5.41) is 0. The number of ether oxygens (including phenoxy) is 2. The zero-order chi connectivity index (χ0) is 15.8. The lowest BCUT2D eigenvalue weighted by molar-refractivity contribution is -0.159. The van der Waals surface area contributed by atoms with Crippen LogP contribution in [0.25, 0.3) is 0 Å². The van der Waals surface area contributed by atoms with Crippen LogP contribution >= 0.6 is 0 Å². The van der Waals surface area contributed by atoms with Gasteiger partial charge < -0.3 is 9.47 Å². The Balaban J connectivity index is 4.62. The number of hydrogen-bond donors (Lipinski definition) is 0. The summed E-state index contributed by atoms with van der Waals surface area (Å²) in [7, 11) is 0. The fourth-order valence-electron chi connectivity index (χ4n) is 2.02. The van der Waals surface area contributed by atoms with Gasteiger partial charge in [0.2, 0.25) is 0 Å². The Morgan fingerprint density at radius 3 is 1.90 bits per heavy atom. The normalized spacial score (nSPS) is 12.3. The van der Waals surface area contributed by atoms with Crippen molar-refractivity contribution in [1.29, 1.82) is 0 Å². The standard InChI is InChI=1S/C17H32O3/c1-8-16(7,9-2)19-13-12-17(10-3,11-4)20-15(18)14(5)6/h5,8-13H2,1-4,6-7H3. The first-order chi connectivity index (χ1) is 9.28. The summed E-state index contributed by atoms with van der Waals surface area (Å²) in [5.74, 6) is -0.303. The number of hydrogen-bond acceptors (Lipinski definition) is 3. The van der Waals surface area contributed by atoms with Crippen molar-refractivity contribution in [3.05, 3.63) is 12.2 Å². The van der Waals surface area contributed by atoms with Crippen molar-refractivity contribution >= 4 is 5.97 Å². The van der Waals surface area contributed by atoms with Gasteiger partial charge in [-0.3, -0.25) is 0 Å². The van der Waals surface area contributed by atoms with E-state index in [4.69, 9.17) is 9.47 Å². The summed E-state index contributed by atoms with van der Waals surface area (Å²) in [6.07, 6.45) is 4.29. The van der Waals surface area contributed by atoms with Crippen LogP contribution in [-0.4, -0.2) is 23.8 Å². The minimum Gasteiger partial charge on any atom is -0.456 e. The topological polar surface area (TPSA) is 35.5 Å². The van der Waals surface area contributed by atoms with Crippen LogP contribution in [0, 0.1) is 0 Å². The molecule has 0 rings (SSSR count). The SMILES string of the molecule is C=C(C)C(=O)OC(CC)(CC)CCOC(C)(CC)CC. The molecule has 3 heteroatoms. The fraction of sp³-hybridized carbons (Fsp3) is 0.824. The van der Waals surface area contributed by atoms with Crippen LogP contribution < -0.4 is 0 Å². The number of carbonyl (C=O) groups excluding carboxylic acids is 1. The lowest BCUT2D eigenvalue weighted by Gasteiger charge is -2.34. The van der Waals surface area contributed by atoms with Crippen molar-refractivity contribution in [3.8, 4) is 0 Å². The zero-order valence-corrected chi connectivity index (χ0v) is 14.2. The summed E-state index contributed by atoms with van der Waals surface area (Å²) in [6.45, 7) is 16.4. The van der Waals surface area contributed by atoms with Crippen molar-refractivity contribution in [3.63, 3.8) is 0 Å². The molecule has 3 nitrogen and oxygen atoms in total. The van der Waals surface area contributed by atoms with Crippen LogP contribution in [0.3, 0.4) is 0 Å². The van der Waals surface area contributed by atoms with Crippen molar-refractivity contribution in [2.24, 2.45) is 0 Å². The van der Waals surface area contributed by atoms with Gasteiger partial charge in [0.25, 0.3) is 0 Å². The Kier molecular flexibility index (Phi) is 8.10. The summed E-state index contributed by atoms with van der Waals surface area (Å²) < 4.78 is 11.7. The molecule has 0 fully saturated rings. The monoisotopic (exact) mass is 284 g/mol. The third-order valence-corrected chi connectivity index (χ3v) is 4.45. The molecule has 0 bridgehead atoms. The van der Waals surface area contributed by atoms with Crippen LogP contribution in [0.15, 0.2) is 12.2 Å². The Bertz CT molecular complexity index is 312. The van der Waals surface area contributed by atoms with E-state index in [1.807, 2.05) is 13.8 Å². The van der Waals surface area contributed by atoms with Gasteiger partial charge in [-0.25, -0.2) is 4.79 Å². The molecule has 0 aliphatic heterocycles. The van der Waals surface area contributed by atoms with Gasteiger partial charge in [0.15, 0.2) is 0 Å². The average Bonchev–Trinajstić information content (AvgIpc) is 2.45. The van der Waals surface area contributed by atoms with E-state index >= 15 is 0 Å². The molecule has 0 aromatic heterocycles. The van der Waals surface area contributed by atoms with Crippen molar-refractivity contribution in [2.75, 3.05) is 6.61 Å². The average molecular weight is 284 g/mol. The fourth-order valence-corrected chi connectivity index (χ4v) is 2.02. The summed E-state index contributed by atoms with van der Waals surface area (Å²) in [5.41, 5.74) is -0.0616. The molecule has 0 radical (unpaired) electrons. The van der Waals surface area contributed by atoms with Crippen molar-refractivity contribution in [1.82, 2.24) is 0 Å². The summed E-state index contributed by atoms with van der Waals surface area (Å²) in [6, 6.07) is 0. The Labute approximate surface area is 124 Å². The van der Waals surface area contributed by atoms with Crippen molar-refractivity contribution < 1.29 is 14.3 Å². The maximum absolute atomic E-state index is 11.8. The zero-order valence-electron chi connectivity index (χ0n) is 14.2. The number of rotatable bonds is 10. The third kappa shape index (κ3) is 5.66. The minimum atomic E-state index is -0.432. The van der Waals surface area contributed by atoms with Crippen LogP contribution in [0.4, 0.5) is 0 Å².